The standard InChI is InChI=1S/C10H11ClF8O2S/c1-5(20)22-6(2-11)3-21-4-8(14,15)10(18,19)9(16,17)7(12)13/h6-7H,2-4H2,1H3. The van der Waals surface area contributed by atoms with Crippen LogP contribution in [0.2, 0.25) is 0 Å². The molecule has 0 spiro atoms. The van der Waals surface area contributed by atoms with E-state index < -0.39 is 47.8 Å². The van der Waals surface area contributed by atoms with Gasteiger partial charge in [0.2, 0.25) is 0 Å². The molecular weight excluding hydrogens is 372 g/mol. The summed E-state index contributed by atoms with van der Waals surface area (Å²) >= 11 is 5.93. The average Bonchev–Trinajstić information content (AvgIpc) is 2.36. The highest BCUT2D eigenvalue weighted by Crippen LogP contribution is 2.48. The van der Waals surface area contributed by atoms with E-state index in [2.05, 4.69) is 4.74 Å². The molecule has 0 fully saturated rings. The fourth-order valence-corrected chi connectivity index (χ4v) is 2.11. The van der Waals surface area contributed by atoms with E-state index in [0.29, 0.717) is 11.8 Å². The van der Waals surface area contributed by atoms with Crippen LogP contribution in [0.25, 0.3) is 0 Å². The predicted octanol–water partition coefficient (Wildman–Crippen LogP) is 4.06. The van der Waals surface area contributed by atoms with Crippen LogP contribution in [0.1, 0.15) is 6.92 Å². The summed E-state index contributed by atoms with van der Waals surface area (Å²) in [5.74, 6) is -18.3. The van der Waals surface area contributed by atoms with Crippen LogP contribution in [0.15, 0.2) is 0 Å². The van der Waals surface area contributed by atoms with Gasteiger partial charge in [0, 0.05) is 18.1 Å². The molecule has 12 heteroatoms. The van der Waals surface area contributed by atoms with Gasteiger partial charge in [-0.25, -0.2) is 8.78 Å². The van der Waals surface area contributed by atoms with E-state index in [9.17, 15) is 39.9 Å². The van der Waals surface area contributed by atoms with Crippen LogP contribution in [0.4, 0.5) is 35.1 Å². The molecule has 0 N–H and O–H groups in total. The second-order valence-electron chi connectivity index (χ2n) is 4.10. The lowest BCUT2D eigenvalue weighted by Crippen LogP contribution is -2.59. The number of ether oxygens (including phenoxy) is 1. The maximum absolute atomic E-state index is 13.1. The number of carbonyl (C=O) groups is 1. The fourth-order valence-electron chi connectivity index (χ4n) is 1.13. The van der Waals surface area contributed by atoms with Gasteiger partial charge in [-0.2, -0.15) is 26.3 Å². The largest absolute Gasteiger partial charge is 0.380 e. The SMILES string of the molecule is CC(=O)SC(CCl)COCC(F)(F)C(F)(F)C(F)(F)C(F)F. The van der Waals surface area contributed by atoms with Gasteiger partial charge in [0.25, 0.3) is 0 Å². The normalized spacial score (nSPS) is 15.2. The molecule has 0 bridgehead atoms. The van der Waals surface area contributed by atoms with Crippen molar-refractivity contribution in [1.82, 2.24) is 0 Å². The van der Waals surface area contributed by atoms with Crippen molar-refractivity contribution >= 4 is 28.5 Å². The van der Waals surface area contributed by atoms with Gasteiger partial charge >= 0.3 is 24.2 Å². The van der Waals surface area contributed by atoms with Crippen molar-refractivity contribution in [3.8, 4) is 0 Å². The monoisotopic (exact) mass is 382 g/mol. The van der Waals surface area contributed by atoms with Crippen molar-refractivity contribution in [1.29, 1.82) is 0 Å². The van der Waals surface area contributed by atoms with Crippen molar-refractivity contribution in [3.63, 3.8) is 0 Å². The summed E-state index contributed by atoms with van der Waals surface area (Å²) in [5.41, 5.74) is 0. The number of carbonyl (C=O) groups excluding carboxylic acids is 1. The minimum atomic E-state index is -6.31. The number of rotatable bonds is 9. The lowest BCUT2D eigenvalue weighted by atomic mass is 10.1. The van der Waals surface area contributed by atoms with Gasteiger partial charge < -0.3 is 4.74 Å². The number of thioether (sulfide) groups is 1. The number of halogens is 9. The Labute approximate surface area is 129 Å². The lowest BCUT2D eigenvalue weighted by molar-refractivity contribution is -0.345. The Morgan fingerprint density at radius 2 is 1.68 bits per heavy atom. The Kier molecular flexibility index (Phi) is 7.90. The first-order valence-electron chi connectivity index (χ1n) is 5.52. The molecule has 1 unspecified atom stereocenters. The van der Waals surface area contributed by atoms with E-state index in [0.717, 1.165) is 6.92 Å². The summed E-state index contributed by atoms with van der Waals surface area (Å²) < 4.78 is 105. The van der Waals surface area contributed by atoms with Gasteiger partial charge in [-0.15, -0.1) is 11.6 Å². The molecular formula is C10H11ClF8O2S. The summed E-state index contributed by atoms with van der Waals surface area (Å²) in [7, 11) is 0. The molecule has 2 nitrogen and oxygen atoms in total. The summed E-state index contributed by atoms with van der Waals surface area (Å²) in [6.45, 7) is -1.83. The first kappa shape index (κ1) is 21.7. The Morgan fingerprint density at radius 1 is 1.18 bits per heavy atom. The van der Waals surface area contributed by atoms with Gasteiger partial charge in [-0.3, -0.25) is 4.79 Å². The average molecular weight is 383 g/mol. The van der Waals surface area contributed by atoms with Crippen LogP contribution in [-0.2, 0) is 9.53 Å². The van der Waals surface area contributed by atoms with E-state index in [1.165, 1.54) is 0 Å². The summed E-state index contributed by atoms with van der Waals surface area (Å²) in [6.07, 6.45) is -4.97. The molecule has 22 heavy (non-hydrogen) atoms. The minimum Gasteiger partial charge on any atom is -0.374 e. The molecule has 0 saturated heterocycles. The van der Waals surface area contributed by atoms with Gasteiger partial charge in [-0.1, -0.05) is 11.8 Å². The van der Waals surface area contributed by atoms with Crippen molar-refractivity contribution in [2.75, 3.05) is 19.1 Å². The van der Waals surface area contributed by atoms with Crippen LogP contribution in [0.3, 0.4) is 0 Å². The van der Waals surface area contributed by atoms with Crippen LogP contribution < -0.4 is 0 Å². The second-order valence-corrected chi connectivity index (χ2v) is 5.89. The maximum Gasteiger partial charge on any atom is 0.380 e. The molecule has 0 aliphatic rings. The van der Waals surface area contributed by atoms with Gasteiger partial charge in [0.05, 0.1) is 6.61 Å². The zero-order chi connectivity index (χ0) is 17.8. The summed E-state index contributed by atoms with van der Waals surface area (Å²) in [6, 6.07) is 0. The quantitative estimate of drug-likeness (QED) is 0.444. The highest BCUT2D eigenvalue weighted by molar-refractivity contribution is 8.14. The Hall–Kier alpha value is -0.290. The van der Waals surface area contributed by atoms with E-state index in [1.807, 2.05) is 0 Å². The Balaban J connectivity index is 4.79. The molecule has 132 valence electrons. The van der Waals surface area contributed by atoms with Crippen LogP contribution in [0, 0.1) is 0 Å². The Bertz CT molecular complexity index is 380. The van der Waals surface area contributed by atoms with Crippen molar-refractivity contribution in [3.05, 3.63) is 0 Å². The summed E-state index contributed by atoms with van der Waals surface area (Å²) in [5, 5.41) is -1.34. The van der Waals surface area contributed by atoms with E-state index in [-0.39, 0.29) is 5.88 Å². The molecule has 0 aromatic heterocycles. The topological polar surface area (TPSA) is 26.3 Å². The first-order chi connectivity index (χ1) is 9.79. The zero-order valence-corrected chi connectivity index (χ0v) is 12.5. The minimum absolute atomic E-state index is 0.264. The third kappa shape index (κ3) is 5.12. The van der Waals surface area contributed by atoms with Gasteiger partial charge in [0.15, 0.2) is 5.12 Å². The van der Waals surface area contributed by atoms with Gasteiger partial charge in [0.1, 0.15) is 6.61 Å². The molecule has 0 aromatic carbocycles. The molecule has 1 atom stereocenters. The van der Waals surface area contributed by atoms with Crippen LogP contribution >= 0.6 is 23.4 Å². The molecule has 0 rings (SSSR count). The maximum atomic E-state index is 13.1. The van der Waals surface area contributed by atoms with E-state index in [4.69, 9.17) is 11.6 Å². The predicted molar refractivity (Wildman–Crippen MR) is 64.4 cm³/mol. The highest BCUT2D eigenvalue weighted by atomic mass is 35.5. The number of hydrogen-bond donors (Lipinski definition) is 0. The molecule has 0 heterocycles. The smallest absolute Gasteiger partial charge is 0.374 e. The van der Waals surface area contributed by atoms with Crippen LogP contribution in [-0.4, -0.2) is 53.7 Å². The third-order valence-electron chi connectivity index (χ3n) is 2.24. The molecule has 0 radical (unpaired) electrons. The molecule has 0 saturated carbocycles. The molecule has 0 aromatic rings. The van der Waals surface area contributed by atoms with Crippen molar-refractivity contribution < 1.29 is 44.7 Å². The molecule has 0 amide bonds. The zero-order valence-electron chi connectivity index (χ0n) is 10.9. The first-order valence-corrected chi connectivity index (χ1v) is 6.93. The number of hydrogen-bond acceptors (Lipinski definition) is 3. The lowest BCUT2D eigenvalue weighted by Gasteiger charge is -2.32. The Morgan fingerprint density at radius 3 is 2.05 bits per heavy atom. The van der Waals surface area contributed by atoms with E-state index >= 15 is 0 Å². The molecule has 0 aliphatic carbocycles. The third-order valence-corrected chi connectivity index (χ3v) is 3.77. The fraction of sp³-hybridized carbons (Fsp3) is 0.900. The highest BCUT2D eigenvalue weighted by Gasteiger charge is 2.75. The molecule has 0 aliphatic heterocycles. The number of alkyl halides is 9. The van der Waals surface area contributed by atoms with Gasteiger partial charge in [-0.05, 0) is 0 Å². The van der Waals surface area contributed by atoms with E-state index in [1.54, 1.807) is 0 Å². The van der Waals surface area contributed by atoms with Crippen LogP contribution in [0.5, 0.6) is 0 Å². The van der Waals surface area contributed by atoms with Crippen molar-refractivity contribution in [2.45, 2.75) is 36.4 Å². The second kappa shape index (κ2) is 8.00. The summed E-state index contributed by atoms with van der Waals surface area (Å²) in [4.78, 5) is 10.7. The van der Waals surface area contributed by atoms with Crippen molar-refractivity contribution in [2.24, 2.45) is 0 Å².